The van der Waals surface area contributed by atoms with Gasteiger partial charge in [-0.2, -0.15) is 5.10 Å². The quantitative estimate of drug-likeness (QED) is 0.705. The summed E-state index contributed by atoms with van der Waals surface area (Å²) in [6.45, 7) is 2.92. The largest absolute Gasteiger partial charge is 0.395 e. The molecule has 0 aromatic carbocycles. The molecular weight excluding hydrogens is 318 g/mol. The molecule has 0 aliphatic carbocycles. The molecule has 3 rings (SSSR count). The lowest BCUT2D eigenvalue weighted by molar-refractivity contribution is 0.0951. The Hall–Kier alpha value is -2.25. The first kappa shape index (κ1) is 17.6. The lowest BCUT2D eigenvalue weighted by atomic mass is 10.2. The summed E-state index contributed by atoms with van der Waals surface area (Å²) in [5.41, 5.74) is 0.520. The monoisotopic (exact) mass is 343 g/mol. The van der Waals surface area contributed by atoms with Gasteiger partial charge in [0.15, 0.2) is 5.82 Å². The highest BCUT2D eigenvalue weighted by atomic mass is 16.3. The van der Waals surface area contributed by atoms with E-state index in [1.807, 2.05) is 0 Å². The smallest absolute Gasteiger partial charge is 0.255 e. The molecule has 0 radical (unpaired) electrons. The van der Waals surface area contributed by atoms with Crippen molar-refractivity contribution < 1.29 is 9.90 Å². The van der Waals surface area contributed by atoms with Gasteiger partial charge in [-0.1, -0.05) is 0 Å². The first-order valence-corrected chi connectivity index (χ1v) is 8.87. The van der Waals surface area contributed by atoms with Gasteiger partial charge in [0.1, 0.15) is 0 Å². The van der Waals surface area contributed by atoms with E-state index in [1.54, 1.807) is 41.5 Å². The average Bonchev–Trinajstić information content (AvgIpc) is 3.33. The molecule has 1 atom stereocenters. The van der Waals surface area contributed by atoms with Crippen molar-refractivity contribution in [3.05, 3.63) is 42.4 Å². The molecule has 1 fully saturated rings. The number of unbranched alkanes of at least 4 members (excludes halogenated alkanes) is 1. The number of aliphatic hydroxyl groups excluding tert-OH is 1. The van der Waals surface area contributed by atoms with Crippen LogP contribution in [0.2, 0.25) is 0 Å². The Labute approximate surface area is 147 Å². The van der Waals surface area contributed by atoms with Crippen molar-refractivity contribution in [1.29, 1.82) is 0 Å². The third kappa shape index (κ3) is 4.43. The van der Waals surface area contributed by atoms with Crippen molar-refractivity contribution >= 4 is 5.91 Å². The minimum atomic E-state index is -0.131. The Balaban J connectivity index is 1.46. The van der Waals surface area contributed by atoms with Crippen molar-refractivity contribution in [2.75, 3.05) is 26.2 Å². The molecule has 2 aromatic heterocycles. The predicted molar refractivity (Wildman–Crippen MR) is 94.6 cm³/mol. The SMILES string of the molecule is O=C(NCCCCN1CCCC1CO)c1cccnc1-n1cccn1. The number of aromatic nitrogens is 3. The zero-order valence-electron chi connectivity index (χ0n) is 14.3. The normalized spacial score (nSPS) is 17.7. The molecule has 0 bridgehead atoms. The molecule has 1 aliphatic heterocycles. The fraction of sp³-hybridized carbons (Fsp3) is 0.500. The maximum Gasteiger partial charge on any atom is 0.255 e. The molecule has 2 aromatic rings. The van der Waals surface area contributed by atoms with Crippen LogP contribution in [0.1, 0.15) is 36.0 Å². The van der Waals surface area contributed by atoms with E-state index in [0.717, 1.165) is 32.4 Å². The summed E-state index contributed by atoms with van der Waals surface area (Å²) in [5.74, 6) is 0.404. The molecule has 1 amide bonds. The third-order valence-corrected chi connectivity index (χ3v) is 4.62. The van der Waals surface area contributed by atoms with Crippen LogP contribution >= 0.6 is 0 Å². The van der Waals surface area contributed by atoms with Gasteiger partial charge < -0.3 is 10.4 Å². The van der Waals surface area contributed by atoms with Crippen LogP contribution in [0, 0.1) is 0 Å². The van der Waals surface area contributed by atoms with E-state index in [9.17, 15) is 9.90 Å². The van der Waals surface area contributed by atoms with Crippen LogP contribution in [0.15, 0.2) is 36.8 Å². The summed E-state index contributed by atoms with van der Waals surface area (Å²) in [4.78, 5) is 19.1. The van der Waals surface area contributed by atoms with E-state index in [0.29, 0.717) is 24.0 Å². The zero-order valence-corrected chi connectivity index (χ0v) is 14.3. The number of hydrogen-bond acceptors (Lipinski definition) is 5. The van der Waals surface area contributed by atoms with Crippen molar-refractivity contribution in [2.24, 2.45) is 0 Å². The Morgan fingerprint density at radius 3 is 3.04 bits per heavy atom. The topological polar surface area (TPSA) is 83.3 Å². The number of carbonyl (C=O) groups is 1. The van der Waals surface area contributed by atoms with E-state index in [1.165, 1.54) is 6.42 Å². The molecule has 3 heterocycles. The van der Waals surface area contributed by atoms with E-state index in [4.69, 9.17) is 0 Å². The Kier molecular flexibility index (Phi) is 6.14. The Bertz CT molecular complexity index is 674. The molecule has 1 aliphatic rings. The van der Waals surface area contributed by atoms with Gasteiger partial charge in [0.05, 0.1) is 12.2 Å². The van der Waals surface area contributed by atoms with Crippen LogP contribution < -0.4 is 5.32 Å². The van der Waals surface area contributed by atoms with Crippen LogP contribution in [-0.4, -0.2) is 63.0 Å². The third-order valence-electron chi connectivity index (χ3n) is 4.62. The highest BCUT2D eigenvalue weighted by Gasteiger charge is 2.22. The molecule has 0 saturated carbocycles. The summed E-state index contributed by atoms with van der Waals surface area (Å²) in [6.07, 6.45) is 9.26. The van der Waals surface area contributed by atoms with E-state index >= 15 is 0 Å². The molecule has 1 unspecified atom stereocenters. The minimum absolute atomic E-state index is 0.131. The average molecular weight is 343 g/mol. The molecule has 1 saturated heterocycles. The van der Waals surface area contributed by atoms with Crippen molar-refractivity contribution in [2.45, 2.75) is 31.7 Å². The number of hydrogen-bond donors (Lipinski definition) is 2. The fourth-order valence-corrected chi connectivity index (χ4v) is 3.28. The summed E-state index contributed by atoms with van der Waals surface area (Å²) >= 11 is 0. The van der Waals surface area contributed by atoms with Crippen molar-refractivity contribution in [3.63, 3.8) is 0 Å². The van der Waals surface area contributed by atoms with Crippen LogP contribution in [-0.2, 0) is 0 Å². The predicted octanol–water partition coefficient (Wildman–Crippen LogP) is 1.23. The van der Waals surface area contributed by atoms with Gasteiger partial charge >= 0.3 is 0 Å². The number of carbonyl (C=O) groups excluding carboxylic acids is 1. The molecule has 7 nitrogen and oxygen atoms in total. The van der Waals surface area contributed by atoms with Gasteiger partial charge in [-0.25, -0.2) is 9.67 Å². The second-order valence-electron chi connectivity index (χ2n) is 6.30. The van der Waals surface area contributed by atoms with Gasteiger partial charge in [-0.15, -0.1) is 0 Å². The Morgan fingerprint density at radius 2 is 2.24 bits per heavy atom. The van der Waals surface area contributed by atoms with Crippen molar-refractivity contribution in [3.8, 4) is 5.82 Å². The second kappa shape index (κ2) is 8.73. The first-order chi connectivity index (χ1) is 12.3. The highest BCUT2D eigenvalue weighted by Crippen LogP contribution is 2.17. The van der Waals surface area contributed by atoms with Gasteiger partial charge in [0.25, 0.3) is 5.91 Å². The van der Waals surface area contributed by atoms with E-state index in [-0.39, 0.29) is 12.5 Å². The van der Waals surface area contributed by atoms with Crippen LogP contribution in [0.3, 0.4) is 0 Å². The van der Waals surface area contributed by atoms with Crippen LogP contribution in [0.25, 0.3) is 5.82 Å². The maximum absolute atomic E-state index is 12.4. The second-order valence-corrected chi connectivity index (χ2v) is 6.30. The number of likely N-dealkylation sites (tertiary alicyclic amines) is 1. The maximum atomic E-state index is 12.4. The Morgan fingerprint density at radius 1 is 1.32 bits per heavy atom. The summed E-state index contributed by atoms with van der Waals surface area (Å²) < 4.78 is 1.59. The minimum Gasteiger partial charge on any atom is -0.395 e. The molecule has 25 heavy (non-hydrogen) atoms. The molecule has 2 N–H and O–H groups in total. The molecule has 134 valence electrons. The standard InChI is InChI=1S/C18H25N5O2/c24-14-15-6-4-12-22(15)11-2-1-8-20-18(25)16-7-3-9-19-17(16)23-13-5-10-21-23/h3,5,7,9-10,13,15,24H,1-2,4,6,8,11-12,14H2,(H,20,25). The number of amides is 1. The van der Waals surface area contributed by atoms with E-state index < -0.39 is 0 Å². The van der Waals surface area contributed by atoms with E-state index in [2.05, 4.69) is 20.3 Å². The molecule has 7 heteroatoms. The number of rotatable bonds is 8. The summed E-state index contributed by atoms with van der Waals surface area (Å²) in [5, 5.41) is 16.4. The van der Waals surface area contributed by atoms with Crippen LogP contribution in [0.4, 0.5) is 0 Å². The van der Waals surface area contributed by atoms with Gasteiger partial charge in [-0.05, 0) is 57.0 Å². The van der Waals surface area contributed by atoms with Gasteiger partial charge in [0.2, 0.25) is 0 Å². The van der Waals surface area contributed by atoms with Gasteiger partial charge in [0, 0.05) is 31.2 Å². The van der Waals surface area contributed by atoms with Crippen LogP contribution in [0.5, 0.6) is 0 Å². The zero-order chi connectivity index (χ0) is 17.5. The lowest BCUT2D eigenvalue weighted by Gasteiger charge is -2.22. The van der Waals surface area contributed by atoms with Crippen molar-refractivity contribution in [1.82, 2.24) is 25.0 Å². The summed E-state index contributed by atoms with van der Waals surface area (Å²) in [7, 11) is 0. The lowest BCUT2D eigenvalue weighted by Crippen LogP contribution is -2.33. The van der Waals surface area contributed by atoms with Gasteiger partial charge in [-0.3, -0.25) is 9.69 Å². The highest BCUT2D eigenvalue weighted by molar-refractivity contribution is 5.97. The number of pyridine rings is 1. The molecular formula is C18H25N5O2. The number of nitrogens with zero attached hydrogens (tertiary/aromatic N) is 4. The molecule has 0 spiro atoms. The number of aliphatic hydroxyl groups is 1. The number of nitrogens with one attached hydrogen (secondary N) is 1. The first-order valence-electron chi connectivity index (χ1n) is 8.87. The fourth-order valence-electron chi connectivity index (χ4n) is 3.28. The summed E-state index contributed by atoms with van der Waals surface area (Å²) in [6, 6.07) is 5.63.